The minimum atomic E-state index is -0.0188. The molecule has 1 aliphatic heterocycles. The first-order valence-corrected chi connectivity index (χ1v) is 7.60. The van der Waals surface area contributed by atoms with E-state index in [0.717, 1.165) is 18.7 Å². The van der Waals surface area contributed by atoms with Crippen LogP contribution < -0.4 is 0 Å². The molecule has 4 nitrogen and oxygen atoms in total. The Morgan fingerprint density at radius 1 is 1.14 bits per heavy atom. The van der Waals surface area contributed by atoms with Gasteiger partial charge in [0.25, 0.3) is 0 Å². The van der Waals surface area contributed by atoms with E-state index in [0.29, 0.717) is 29.7 Å². The molecule has 0 bridgehead atoms. The zero-order valence-corrected chi connectivity index (χ0v) is 13.1. The molecule has 0 saturated carbocycles. The minimum absolute atomic E-state index is 0.0188. The lowest BCUT2D eigenvalue weighted by molar-refractivity contribution is -0.127. The third-order valence-electron chi connectivity index (χ3n) is 3.40. The Bertz CT molecular complexity index is 506. The number of nitrogens with zero attached hydrogens (tertiary/aromatic N) is 2. The fourth-order valence-corrected chi connectivity index (χ4v) is 2.82. The fourth-order valence-electron chi connectivity index (χ4n) is 2.28. The van der Waals surface area contributed by atoms with Crippen molar-refractivity contribution in [2.24, 2.45) is 0 Å². The number of aliphatic hydroxyl groups is 1. The van der Waals surface area contributed by atoms with Crippen molar-refractivity contribution in [3.63, 3.8) is 0 Å². The highest BCUT2D eigenvalue weighted by Crippen LogP contribution is 2.20. The van der Waals surface area contributed by atoms with Crippen LogP contribution in [-0.4, -0.2) is 60.1 Å². The molecule has 0 radical (unpaired) electrons. The van der Waals surface area contributed by atoms with Gasteiger partial charge < -0.3 is 10.0 Å². The molecule has 1 heterocycles. The predicted octanol–water partition coefficient (Wildman–Crippen LogP) is 2.14. The molecule has 6 heteroatoms. The summed E-state index contributed by atoms with van der Waals surface area (Å²) in [4.78, 5) is 16.1. The van der Waals surface area contributed by atoms with Gasteiger partial charge in [0.2, 0.25) is 5.91 Å². The number of rotatable bonds is 4. The Morgan fingerprint density at radius 3 is 2.33 bits per heavy atom. The van der Waals surface area contributed by atoms with Crippen LogP contribution in [0.15, 0.2) is 24.3 Å². The quantitative estimate of drug-likeness (QED) is 0.861. The molecule has 0 aromatic heterocycles. The number of halogens is 2. The number of piperazine rings is 1. The number of hydrogen-bond acceptors (Lipinski definition) is 3. The zero-order valence-electron chi connectivity index (χ0n) is 11.6. The lowest BCUT2D eigenvalue weighted by Gasteiger charge is -2.33. The summed E-state index contributed by atoms with van der Waals surface area (Å²) in [5, 5.41) is 9.99. The second kappa shape index (κ2) is 7.80. The van der Waals surface area contributed by atoms with E-state index in [-0.39, 0.29) is 12.5 Å². The minimum Gasteiger partial charge on any atom is -0.395 e. The van der Waals surface area contributed by atoms with Crippen LogP contribution in [0, 0.1) is 0 Å². The highest BCUT2D eigenvalue weighted by molar-refractivity contribution is 6.34. The topological polar surface area (TPSA) is 43.8 Å². The van der Waals surface area contributed by atoms with E-state index < -0.39 is 0 Å². The molecule has 21 heavy (non-hydrogen) atoms. The van der Waals surface area contributed by atoms with Crippen LogP contribution in [0.5, 0.6) is 0 Å². The molecule has 1 N–H and O–H groups in total. The van der Waals surface area contributed by atoms with Gasteiger partial charge in [0, 0.05) is 48.8 Å². The standard InChI is InChI=1S/C15H18Cl2N2O2/c16-13-9-12(10-14(17)11-13)1-2-15(21)19-5-3-18(4-6-19)7-8-20/h1-2,9-11,20H,3-8H2. The van der Waals surface area contributed by atoms with Crippen molar-refractivity contribution in [2.45, 2.75) is 0 Å². The first-order chi connectivity index (χ1) is 10.1. The van der Waals surface area contributed by atoms with Crippen molar-refractivity contribution in [1.29, 1.82) is 0 Å². The predicted molar refractivity (Wildman–Crippen MR) is 85.6 cm³/mol. The summed E-state index contributed by atoms with van der Waals surface area (Å²) in [7, 11) is 0. The van der Waals surface area contributed by atoms with E-state index in [4.69, 9.17) is 28.3 Å². The van der Waals surface area contributed by atoms with E-state index in [1.807, 2.05) is 0 Å². The maximum atomic E-state index is 12.1. The number of carbonyl (C=O) groups is 1. The summed E-state index contributed by atoms with van der Waals surface area (Å²) in [5.41, 5.74) is 0.805. The molecule has 1 aromatic rings. The van der Waals surface area contributed by atoms with Crippen molar-refractivity contribution < 1.29 is 9.90 Å². The van der Waals surface area contributed by atoms with Crippen LogP contribution in [0.25, 0.3) is 6.08 Å². The molecule has 0 aliphatic carbocycles. The summed E-state index contributed by atoms with van der Waals surface area (Å²) in [6.45, 7) is 3.77. The van der Waals surface area contributed by atoms with Gasteiger partial charge >= 0.3 is 0 Å². The summed E-state index contributed by atoms with van der Waals surface area (Å²) < 4.78 is 0. The Labute approximate surface area is 134 Å². The molecule has 2 rings (SSSR count). The molecule has 1 saturated heterocycles. The van der Waals surface area contributed by atoms with Crippen molar-refractivity contribution in [3.05, 3.63) is 39.9 Å². The Balaban J connectivity index is 1.91. The normalized spacial score (nSPS) is 16.6. The first kappa shape index (κ1) is 16.3. The van der Waals surface area contributed by atoms with Crippen LogP contribution in [0.3, 0.4) is 0 Å². The summed E-state index contributed by atoms with van der Waals surface area (Å²) in [5.74, 6) is -0.0188. The monoisotopic (exact) mass is 328 g/mol. The van der Waals surface area contributed by atoms with Gasteiger partial charge in [-0.25, -0.2) is 0 Å². The largest absolute Gasteiger partial charge is 0.395 e. The second-order valence-electron chi connectivity index (χ2n) is 4.93. The van der Waals surface area contributed by atoms with Crippen LogP contribution >= 0.6 is 23.2 Å². The number of carbonyl (C=O) groups excluding carboxylic acids is 1. The molecule has 1 aromatic carbocycles. The van der Waals surface area contributed by atoms with Crippen molar-refractivity contribution in [2.75, 3.05) is 39.3 Å². The van der Waals surface area contributed by atoms with Gasteiger partial charge in [0.05, 0.1) is 6.61 Å². The molecule has 1 amide bonds. The van der Waals surface area contributed by atoms with Crippen molar-refractivity contribution in [3.8, 4) is 0 Å². The van der Waals surface area contributed by atoms with E-state index >= 15 is 0 Å². The summed E-state index contributed by atoms with van der Waals surface area (Å²) >= 11 is 11.8. The van der Waals surface area contributed by atoms with E-state index in [1.54, 1.807) is 35.3 Å². The third kappa shape index (κ3) is 5.00. The number of hydrogen-bond donors (Lipinski definition) is 1. The van der Waals surface area contributed by atoms with Gasteiger partial charge in [-0.05, 0) is 29.8 Å². The Hall–Kier alpha value is -1.07. The van der Waals surface area contributed by atoms with Crippen molar-refractivity contribution >= 4 is 35.2 Å². The lowest BCUT2D eigenvalue weighted by atomic mass is 10.2. The highest BCUT2D eigenvalue weighted by atomic mass is 35.5. The summed E-state index contributed by atoms with van der Waals surface area (Å²) in [6, 6.07) is 5.18. The van der Waals surface area contributed by atoms with Gasteiger partial charge in [-0.15, -0.1) is 0 Å². The van der Waals surface area contributed by atoms with Gasteiger partial charge in [-0.2, -0.15) is 0 Å². The molecular weight excluding hydrogens is 311 g/mol. The molecule has 1 fully saturated rings. The third-order valence-corrected chi connectivity index (χ3v) is 3.84. The average Bonchev–Trinajstić information content (AvgIpc) is 2.45. The van der Waals surface area contributed by atoms with Crippen LogP contribution in [0.1, 0.15) is 5.56 Å². The zero-order chi connectivity index (χ0) is 15.2. The van der Waals surface area contributed by atoms with Crippen molar-refractivity contribution in [1.82, 2.24) is 9.80 Å². The molecule has 0 unspecified atom stereocenters. The first-order valence-electron chi connectivity index (χ1n) is 6.85. The van der Waals surface area contributed by atoms with Crippen LogP contribution in [-0.2, 0) is 4.79 Å². The molecule has 1 aliphatic rings. The van der Waals surface area contributed by atoms with E-state index in [2.05, 4.69) is 4.90 Å². The Morgan fingerprint density at radius 2 is 1.76 bits per heavy atom. The van der Waals surface area contributed by atoms with E-state index in [9.17, 15) is 4.79 Å². The molecule has 114 valence electrons. The molecule has 0 spiro atoms. The average molecular weight is 329 g/mol. The molecule has 0 atom stereocenters. The second-order valence-corrected chi connectivity index (χ2v) is 5.80. The smallest absolute Gasteiger partial charge is 0.246 e. The maximum absolute atomic E-state index is 12.1. The Kier molecular flexibility index (Phi) is 6.06. The fraction of sp³-hybridized carbons (Fsp3) is 0.400. The summed E-state index contributed by atoms with van der Waals surface area (Å²) in [6.07, 6.45) is 3.27. The highest BCUT2D eigenvalue weighted by Gasteiger charge is 2.18. The number of β-amino-alcohol motifs (C(OH)–C–C–N with tert-alkyl or cyclic N) is 1. The maximum Gasteiger partial charge on any atom is 0.246 e. The van der Waals surface area contributed by atoms with Gasteiger partial charge in [-0.3, -0.25) is 9.69 Å². The number of aliphatic hydroxyl groups excluding tert-OH is 1. The lowest BCUT2D eigenvalue weighted by Crippen LogP contribution is -2.48. The molecular formula is C15H18Cl2N2O2. The van der Waals surface area contributed by atoms with Crippen LogP contribution in [0.4, 0.5) is 0 Å². The van der Waals surface area contributed by atoms with Crippen LogP contribution in [0.2, 0.25) is 10.0 Å². The van der Waals surface area contributed by atoms with Gasteiger partial charge in [-0.1, -0.05) is 23.2 Å². The van der Waals surface area contributed by atoms with Gasteiger partial charge in [0.15, 0.2) is 0 Å². The SMILES string of the molecule is O=C(C=Cc1cc(Cl)cc(Cl)c1)N1CCN(CCO)CC1. The number of amides is 1. The van der Waals surface area contributed by atoms with Gasteiger partial charge in [0.1, 0.15) is 0 Å². The van der Waals surface area contributed by atoms with E-state index in [1.165, 1.54) is 0 Å². The number of benzene rings is 1.